The van der Waals surface area contributed by atoms with E-state index in [1.54, 1.807) is 0 Å². The Kier molecular flexibility index (Phi) is 12.4. The zero-order chi connectivity index (χ0) is 18.9. The molecule has 0 heterocycles. The Morgan fingerprint density at radius 1 is 0.760 bits per heavy atom. The second-order valence-corrected chi connectivity index (χ2v) is 4.16. The predicted octanol–water partition coefficient (Wildman–Crippen LogP) is -1.77. The van der Waals surface area contributed by atoms with Gasteiger partial charge in [-0.25, -0.2) is 9.59 Å². The van der Waals surface area contributed by atoms with Gasteiger partial charge in [-0.15, -0.1) is 0 Å². The van der Waals surface area contributed by atoms with Gasteiger partial charge in [0.1, 0.15) is 22.6 Å². The fourth-order valence-corrected chi connectivity index (χ4v) is 1.46. The molecule has 0 saturated carbocycles. The van der Waals surface area contributed by atoms with Crippen LogP contribution in [0, 0.1) is 0 Å². The standard InChI is InChI=1S/2C7H7NO3.Na.O.V/c2*8-4-1-2-5(7(10)11)6(9)3-4;;;/h2*1-3,9H,8H2,(H,10,11);;;/q;;+1;;. The SMILES string of the molecule is Nc1ccc(C(=O)O)c(O)c1.Nc1ccc(C(=O)O)c(O)c1.[Na+].[O]=[V]. The molecule has 0 aliphatic carbocycles. The van der Waals surface area contributed by atoms with Crippen LogP contribution in [0.2, 0.25) is 0 Å². The van der Waals surface area contributed by atoms with Gasteiger partial charge in [0.15, 0.2) is 0 Å². The number of anilines is 2. The average Bonchev–Trinajstić information content (AvgIpc) is 2.49. The van der Waals surface area contributed by atoms with Crippen LogP contribution in [0.3, 0.4) is 0 Å². The first-order chi connectivity index (χ1) is 11.2. The zero-order valence-electron chi connectivity index (χ0n) is 13.1. The molecule has 0 spiro atoms. The summed E-state index contributed by atoms with van der Waals surface area (Å²) in [5.74, 6) is -2.94. The number of rotatable bonds is 2. The van der Waals surface area contributed by atoms with Gasteiger partial charge in [0.05, 0.1) is 0 Å². The fourth-order valence-electron chi connectivity index (χ4n) is 1.46. The van der Waals surface area contributed by atoms with Crippen molar-refractivity contribution in [2.45, 2.75) is 0 Å². The van der Waals surface area contributed by atoms with E-state index >= 15 is 0 Å². The van der Waals surface area contributed by atoms with Gasteiger partial charge in [-0.2, -0.15) is 0 Å². The van der Waals surface area contributed by atoms with Crippen LogP contribution in [-0.4, -0.2) is 32.4 Å². The summed E-state index contributed by atoms with van der Waals surface area (Å²) in [7, 11) is 0. The maximum atomic E-state index is 10.3. The third kappa shape index (κ3) is 8.57. The topological polar surface area (TPSA) is 184 Å². The molecule has 9 nitrogen and oxygen atoms in total. The second kappa shape index (κ2) is 12.3. The third-order valence-corrected chi connectivity index (χ3v) is 2.50. The van der Waals surface area contributed by atoms with Gasteiger partial charge in [-0.3, -0.25) is 0 Å². The molecule has 25 heavy (non-hydrogen) atoms. The summed E-state index contributed by atoms with van der Waals surface area (Å²) in [4.78, 5) is 20.7. The van der Waals surface area contributed by atoms with Crippen LogP contribution in [0.4, 0.5) is 11.4 Å². The van der Waals surface area contributed by atoms with Gasteiger partial charge in [-0.05, 0) is 24.3 Å². The van der Waals surface area contributed by atoms with Crippen molar-refractivity contribution >= 4 is 23.3 Å². The predicted molar refractivity (Wildman–Crippen MR) is 79.6 cm³/mol. The van der Waals surface area contributed by atoms with Gasteiger partial charge in [-0.1, -0.05) is 0 Å². The summed E-state index contributed by atoms with van der Waals surface area (Å²) in [5, 5.41) is 34.9. The Hall–Kier alpha value is -2.04. The third-order valence-electron chi connectivity index (χ3n) is 2.50. The van der Waals surface area contributed by atoms with Crippen molar-refractivity contribution in [2.75, 3.05) is 11.5 Å². The van der Waals surface area contributed by atoms with Crippen molar-refractivity contribution < 1.29 is 80.6 Å². The van der Waals surface area contributed by atoms with Crippen molar-refractivity contribution in [1.82, 2.24) is 0 Å². The van der Waals surface area contributed by atoms with E-state index in [9.17, 15) is 9.59 Å². The molecule has 0 aliphatic rings. The maximum absolute atomic E-state index is 10.3. The molecule has 0 bridgehead atoms. The monoisotopic (exact) mass is 396 g/mol. The molecule has 0 atom stereocenters. The molecule has 0 saturated heterocycles. The molecular weight excluding hydrogens is 382 g/mol. The van der Waals surface area contributed by atoms with Gasteiger partial charge < -0.3 is 31.9 Å². The molecule has 0 radical (unpaired) electrons. The molecule has 0 unspecified atom stereocenters. The van der Waals surface area contributed by atoms with Crippen molar-refractivity contribution in [3.63, 3.8) is 0 Å². The van der Waals surface area contributed by atoms with Crippen molar-refractivity contribution in [2.24, 2.45) is 0 Å². The van der Waals surface area contributed by atoms with Crippen LogP contribution in [-0.2, 0) is 21.0 Å². The average molecular weight is 396 g/mol. The van der Waals surface area contributed by atoms with E-state index in [4.69, 9.17) is 35.6 Å². The number of aromatic carboxylic acids is 2. The molecular formula is C14H14N2NaO7V+. The molecule has 2 aromatic carbocycles. The van der Waals surface area contributed by atoms with E-state index in [0.29, 0.717) is 11.4 Å². The first-order valence-corrected chi connectivity index (χ1v) is 6.61. The Morgan fingerprint density at radius 3 is 1.24 bits per heavy atom. The molecule has 2 rings (SSSR count). The molecule has 0 fully saturated rings. The molecule has 11 heteroatoms. The fraction of sp³-hybridized carbons (Fsp3) is 0. The molecule has 127 valence electrons. The Morgan fingerprint density at radius 2 is 1.04 bits per heavy atom. The number of nitrogen functional groups attached to an aromatic ring is 2. The molecule has 0 aliphatic heterocycles. The van der Waals surface area contributed by atoms with Crippen LogP contribution in [0.15, 0.2) is 36.4 Å². The number of carbonyl (C=O) groups is 2. The van der Waals surface area contributed by atoms with E-state index < -0.39 is 11.9 Å². The van der Waals surface area contributed by atoms with E-state index in [1.807, 2.05) is 0 Å². The Bertz CT molecular complexity index is 682. The van der Waals surface area contributed by atoms with Crippen molar-refractivity contribution in [1.29, 1.82) is 0 Å². The summed E-state index contributed by atoms with van der Waals surface area (Å²) in [5.41, 5.74) is 11.0. The first kappa shape index (κ1) is 25.2. The Labute approximate surface area is 173 Å². The van der Waals surface area contributed by atoms with Gasteiger partial charge in [0, 0.05) is 23.5 Å². The number of benzene rings is 2. The van der Waals surface area contributed by atoms with Crippen LogP contribution in [0.5, 0.6) is 11.5 Å². The van der Waals surface area contributed by atoms with Gasteiger partial charge in [0.25, 0.3) is 0 Å². The normalized spacial score (nSPS) is 8.44. The van der Waals surface area contributed by atoms with Gasteiger partial charge in [0.2, 0.25) is 0 Å². The number of carboxylic acids is 2. The molecule has 8 N–H and O–H groups in total. The summed E-state index contributed by atoms with van der Waals surface area (Å²) in [6.07, 6.45) is 0. The molecule has 2 aromatic rings. The second-order valence-electron chi connectivity index (χ2n) is 4.16. The van der Waals surface area contributed by atoms with E-state index in [1.165, 1.54) is 36.4 Å². The minimum atomic E-state index is -1.16. The minimum absolute atomic E-state index is 0. The van der Waals surface area contributed by atoms with E-state index in [-0.39, 0.29) is 52.2 Å². The van der Waals surface area contributed by atoms with Crippen molar-refractivity contribution in [3.8, 4) is 11.5 Å². The van der Waals surface area contributed by atoms with E-state index in [2.05, 4.69) is 0 Å². The number of nitrogens with two attached hydrogens (primary N) is 2. The summed E-state index contributed by atoms with van der Waals surface area (Å²) in [6.45, 7) is 0. The van der Waals surface area contributed by atoms with E-state index in [0.717, 1.165) is 17.4 Å². The van der Waals surface area contributed by atoms with Crippen LogP contribution in [0.1, 0.15) is 20.7 Å². The van der Waals surface area contributed by atoms with Gasteiger partial charge >= 0.3 is 62.5 Å². The number of hydrogen-bond donors (Lipinski definition) is 6. The molecule has 0 aromatic heterocycles. The van der Waals surface area contributed by atoms with Crippen molar-refractivity contribution in [3.05, 3.63) is 47.5 Å². The summed E-state index contributed by atoms with van der Waals surface area (Å²) < 4.78 is 8.19. The number of phenols is 2. The number of hydrogen-bond acceptors (Lipinski definition) is 7. The summed E-state index contributed by atoms with van der Waals surface area (Å²) >= 11 is 1.06. The number of aromatic hydroxyl groups is 2. The Balaban J connectivity index is 0. The summed E-state index contributed by atoms with van der Waals surface area (Å²) in [6, 6.07) is 7.75. The number of carboxylic acid groups (broad SMARTS) is 2. The zero-order valence-corrected chi connectivity index (χ0v) is 16.5. The molecule has 0 amide bonds. The first-order valence-electron chi connectivity index (χ1n) is 6.04. The van der Waals surface area contributed by atoms with Crippen LogP contribution in [0.25, 0.3) is 0 Å². The van der Waals surface area contributed by atoms with Crippen LogP contribution >= 0.6 is 0 Å². The quantitative estimate of drug-likeness (QED) is 0.252. The van der Waals surface area contributed by atoms with Crippen LogP contribution < -0.4 is 41.0 Å².